The Morgan fingerprint density at radius 2 is 2.25 bits per heavy atom. The molecule has 0 rings (SSSR count). The quantitative estimate of drug-likeness (QED) is 0.301. The summed E-state index contributed by atoms with van der Waals surface area (Å²) < 4.78 is 4.62. The third-order valence-corrected chi connectivity index (χ3v) is 0.963. The van der Waals surface area contributed by atoms with Gasteiger partial charge >= 0.3 is 5.97 Å². The summed E-state index contributed by atoms with van der Waals surface area (Å²) >= 11 is 0. The van der Waals surface area contributed by atoms with Crippen LogP contribution in [0.15, 0.2) is 36.6 Å². The van der Waals surface area contributed by atoms with Crippen molar-refractivity contribution in [3.05, 3.63) is 36.6 Å². The molecule has 0 amide bonds. The summed E-state index contributed by atoms with van der Waals surface area (Å²) in [4.78, 5) is 10.7. The van der Waals surface area contributed by atoms with Crippen molar-refractivity contribution >= 4 is 5.97 Å². The van der Waals surface area contributed by atoms with E-state index < -0.39 is 5.97 Å². The van der Waals surface area contributed by atoms with E-state index in [-0.39, 0.29) is 6.61 Å². The second-order valence-electron chi connectivity index (χ2n) is 1.90. The number of ether oxygens (including phenoxy) is 1. The molecule has 0 radical (unpaired) electrons. The zero-order valence-corrected chi connectivity index (χ0v) is 6.93. The Morgan fingerprint density at radius 3 is 2.83 bits per heavy atom. The zero-order valence-electron chi connectivity index (χ0n) is 6.93. The molecule has 0 fully saturated rings. The van der Waals surface area contributed by atoms with Crippen molar-refractivity contribution in [3.63, 3.8) is 0 Å². The average Bonchev–Trinajstić information content (AvgIpc) is 2.06. The van der Waals surface area contributed by atoms with Crippen molar-refractivity contribution in [1.82, 2.24) is 0 Å². The van der Waals surface area contributed by atoms with Gasteiger partial charge < -0.3 is 9.84 Å². The van der Waals surface area contributed by atoms with Gasteiger partial charge in [-0.2, -0.15) is 0 Å². The van der Waals surface area contributed by atoms with Gasteiger partial charge in [0.2, 0.25) is 0 Å². The lowest BCUT2D eigenvalue weighted by Gasteiger charge is -1.93. The van der Waals surface area contributed by atoms with Crippen LogP contribution in [0.25, 0.3) is 0 Å². The molecule has 0 saturated carbocycles. The van der Waals surface area contributed by atoms with E-state index in [0.29, 0.717) is 0 Å². The van der Waals surface area contributed by atoms with Gasteiger partial charge in [-0.25, -0.2) is 4.79 Å². The smallest absolute Gasteiger partial charge is 0.331 e. The summed E-state index contributed by atoms with van der Waals surface area (Å²) in [6.45, 7) is 1.94. The van der Waals surface area contributed by atoms with Crippen LogP contribution in [-0.4, -0.2) is 17.7 Å². The molecule has 0 aromatic heterocycles. The number of aliphatic hydroxyl groups is 1. The monoisotopic (exact) mass is 168 g/mol. The predicted molar refractivity (Wildman–Crippen MR) is 46.7 cm³/mol. The Kier molecular flexibility index (Phi) is 6.64. The SMILES string of the molecule is CC=CC=CC(=O)OCC=CO. The number of esters is 1. The molecule has 1 N–H and O–H groups in total. The minimum atomic E-state index is -0.425. The standard InChI is InChI=1S/C9H12O3/c1-2-3-4-6-9(11)12-8-5-7-10/h2-7,10H,8H2,1H3. The highest BCUT2D eigenvalue weighted by Crippen LogP contribution is 1.83. The minimum absolute atomic E-state index is 0.0928. The Morgan fingerprint density at radius 1 is 1.50 bits per heavy atom. The molecular formula is C9H12O3. The van der Waals surface area contributed by atoms with E-state index in [1.165, 1.54) is 12.2 Å². The molecule has 66 valence electrons. The van der Waals surface area contributed by atoms with Crippen molar-refractivity contribution in [1.29, 1.82) is 0 Å². The van der Waals surface area contributed by atoms with Crippen LogP contribution in [0.3, 0.4) is 0 Å². The van der Waals surface area contributed by atoms with E-state index in [1.807, 2.05) is 6.92 Å². The van der Waals surface area contributed by atoms with Gasteiger partial charge in [-0.05, 0) is 13.0 Å². The summed E-state index contributed by atoms with van der Waals surface area (Å²) in [5.41, 5.74) is 0. The second kappa shape index (κ2) is 7.60. The van der Waals surface area contributed by atoms with Gasteiger partial charge in [0.25, 0.3) is 0 Å². The first-order valence-corrected chi connectivity index (χ1v) is 3.56. The molecule has 0 unspecified atom stereocenters. The first-order valence-electron chi connectivity index (χ1n) is 3.56. The third kappa shape index (κ3) is 6.61. The number of hydrogen-bond acceptors (Lipinski definition) is 3. The lowest BCUT2D eigenvalue weighted by atomic mass is 10.4. The van der Waals surface area contributed by atoms with E-state index in [4.69, 9.17) is 5.11 Å². The number of carbonyl (C=O) groups is 1. The van der Waals surface area contributed by atoms with Gasteiger partial charge in [-0.3, -0.25) is 0 Å². The van der Waals surface area contributed by atoms with E-state index in [2.05, 4.69) is 4.74 Å². The fourth-order valence-electron chi connectivity index (χ4n) is 0.467. The van der Waals surface area contributed by atoms with E-state index >= 15 is 0 Å². The molecule has 0 aromatic carbocycles. The lowest BCUT2D eigenvalue weighted by Crippen LogP contribution is -1.99. The molecule has 0 saturated heterocycles. The fourth-order valence-corrected chi connectivity index (χ4v) is 0.467. The van der Waals surface area contributed by atoms with Gasteiger partial charge in [-0.1, -0.05) is 18.2 Å². The molecule has 0 spiro atoms. The van der Waals surface area contributed by atoms with Crippen molar-refractivity contribution in [3.8, 4) is 0 Å². The molecule has 12 heavy (non-hydrogen) atoms. The number of hydrogen-bond donors (Lipinski definition) is 1. The molecule has 0 heterocycles. The maximum atomic E-state index is 10.7. The first kappa shape index (κ1) is 10.5. The zero-order chi connectivity index (χ0) is 9.23. The van der Waals surface area contributed by atoms with E-state index in [1.54, 1.807) is 18.2 Å². The predicted octanol–water partition coefficient (Wildman–Crippen LogP) is 1.73. The Balaban J connectivity index is 3.59. The maximum Gasteiger partial charge on any atom is 0.331 e. The Labute approximate surface area is 71.7 Å². The summed E-state index contributed by atoms with van der Waals surface area (Å²) in [5, 5.41) is 8.19. The molecule has 3 nitrogen and oxygen atoms in total. The molecular weight excluding hydrogens is 156 g/mol. The summed E-state index contributed by atoms with van der Waals surface area (Å²) in [7, 11) is 0. The van der Waals surface area contributed by atoms with Crippen molar-refractivity contribution in [2.75, 3.05) is 6.61 Å². The highest BCUT2D eigenvalue weighted by Gasteiger charge is 1.91. The number of rotatable bonds is 4. The third-order valence-electron chi connectivity index (χ3n) is 0.963. The van der Waals surface area contributed by atoms with Crippen LogP contribution < -0.4 is 0 Å². The van der Waals surface area contributed by atoms with Gasteiger partial charge in [0.1, 0.15) is 6.61 Å². The lowest BCUT2D eigenvalue weighted by molar-refractivity contribution is -0.136. The molecule has 0 aliphatic heterocycles. The molecule has 0 aliphatic rings. The Hall–Kier alpha value is -1.51. The summed E-state index contributed by atoms with van der Waals surface area (Å²) in [5.74, 6) is -0.425. The van der Waals surface area contributed by atoms with Crippen molar-refractivity contribution in [2.45, 2.75) is 6.92 Å². The van der Waals surface area contributed by atoms with Crippen LogP contribution in [0.4, 0.5) is 0 Å². The van der Waals surface area contributed by atoms with Crippen LogP contribution in [0.2, 0.25) is 0 Å². The van der Waals surface area contributed by atoms with Crippen LogP contribution >= 0.6 is 0 Å². The Bertz CT molecular complexity index is 202. The van der Waals surface area contributed by atoms with Crippen LogP contribution in [0.5, 0.6) is 0 Å². The summed E-state index contributed by atoms with van der Waals surface area (Å²) in [6.07, 6.45) is 8.60. The fraction of sp³-hybridized carbons (Fsp3) is 0.222. The number of carbonyl (C=O) groups excluding carboxylic acids is 1. The molecule has 0 aromatic rings. The molecule has 3 heteroatoms. The number of allylic oxidation sites excluding steroid dienone is 3. The highest BCUT2D eigenvalue weighted by atomic mass is 16.5. The summed E-state index contributed by atoms with van der Waals surface area (Å²) in [6, 6.07) is 0. The van der Waals surface area contributed by atoms with Gasteiger partial charge in [0.15, 0.2) is 0 Å². The molecule has 0 atom stereocenters. The van der Waals surface area contributed by atoms with E-state index in [0.717, 1.165) is 6.26 Å². The second-order valence-corrected chi connectivity index (χ2v) is 1.90. The first-order chi connectivity index (χ1) is 5.81. The number of aliphatic hydroxyl groups excluding tert-OH is 1. The average molecular weight is 168 g/mol. The molecule has 0 aliphatic carbocycles. The van der Waals surface area contributed by atoms with Gasteiger partial charge in [0, 0.05) is 6.08 Å². The van der Waals surface area contributed by atoms with Crippen LogP contribution in [-0.2, 0) is 9.53 Å². The largest absolute Gasteiger partial charge is 0.516 e. The van der Waals surface area contributed by atoms with Crippen molar-refractivity contribution in [2.24, 2.45) is 0 Å². The topological polar surface area (TPSA) is 46.5 Å². The van der Waals surface area contributed by atoms with Gasteiger partial charge in [-0.15, -0.1) is 0 Å². The minimum Gasteiger partial charge on any atom is -0.516 e. The maximum absolute atomic E-state index is 10.7. The van der Waals surface area contributed by atoms with Crippen LogP contribution in [0, 0.1) is 0 Å². The molecule has 0 bridgehead atoms. The highest BCUT2D eigenvalue weighted by molar-refractivity contribution is 5.82. The van der Waals surface area contributed by atoms with Crippen LogP contribution in [0.1, 0.15) is 6.92 Å². The van der Waals surface area contributed by atoms with Crippen molar-refractivity contribution < 1.29 is 14.6 Å². The van der Waals surface area contributed by atoms with E-state index in [9.17, 15) is 4.79 Å². The normalized spacial score (nSPS) is 11.8. The van der Waals surface area contributed by atoms with Gasteiger partial charge in [0.05, 0.1) is 6.26 Å².